The van der Waals surface area contributed by atoms with Gasteiger partial charge in [-0.15, -0.1) is 0 Å². The van der Waals surface area contributed by atoms with Gasteiger partial charge in [-0.1, -0.05) is 25.4 Å². The molecule has 5 nitrogen and oxygen atoms in total. The zero-order chi connectivity index (χ0) is 20.4. The van der Waals surface area contributed by atoms with E-state index < -0.39 is 5.63 Å². The molecule has 0 saturated carbocycles. The number of rotatable bonds is 5. The Morgan fingerprint density at radius 3 is 2.57 bits per heavy atom. The highest BCUT2D eigenvalue weighted by atomic mass is 35.5. The maximum absolute atomic E-state index is 12.0. The molecule has 0 spiro atoms. The number of halogens is 1. The molecular formula is C22H23ClN2O3. The summed E-state index contributed by atoms with van der Waals surface area (Å²) < 4.78 is 5.40. The van der Waals surface area contributed by atoms with Crippen LogP contribution in [0.4, 0.5) is 11.4 Å². The normalized spacial score (nSPS) is 11.1. The fourth-order valence-electron chi connectivity index (χ4n) is 3.31. The van der Waals surface area contributed by atoms with E-state index in [2.05, 4.69) is 30.5 Å². The molecule has 28 heavy (non-hydrogen) atoms. The van der Waals surface area contributed by atoms with Gasteiger partial charge in [0.25, 0.3) is 0 Å². The van der Waals surface area contributed by atoms with Gasteiger partial charge in [0.15, 0.2) is 0 Å². The number of carbonyl (C=O) groups excluding carboxylic acids is 1. The summed E-state index contributed by atoms with van der Waals surface area (Å²) in [6, 6.07) is 10.7. The SMILES string of the molecule is CC(=O)Nc1ccc(Cl)cc1NCc1cc(=O)oc2cc(C)c(C(C)C)cc12. The van der Waals surface area contributed by atoms with Crippen molar-refractivity contribution in [1.82, 2.24) is 0 Å². The van der Waals surface area contributed by atoms with E-state index in [9.17, 15) is 9.59 Å². The maximum Gasteiger partial charge on any atom is 0.336 e. The molecule has 0 fully saturated rings. The van der Waals surface area contributed by atoms with Crippen LogP contribution in [0, 0.1) is 6.92 Å². The molecule has 0 aliphatic heterocycles. The molecule has 1 amide bonds. The lowest BCUT2D eigenvalue weighted by Crippen LogP contribution is -2.11. The average molecular weight is 399 g/mol. The summed E-state index contributed by atoms with van der Waals surface area (Å²) in [5, 5.41) is 7.50. The van der Waals surface area contributed by atoms with Gasteiger partial charge in [-0.3, -0.25) is 4.79 Å². The third-order valence-corrected chi connectivity index (χ3v) is 4.84. The molecule has 1 aromatic heterocycles. The van der Waals surface area contributed by atoms with Crippen molar-refractivity contribution in [3.05, 3.63) is 68.5 Å². The van der Waals surface area contributed by atoms with Crippen molar-refractivity contribution in [2.24, 2.45) is 0 Å². The highest BCUT2D eigenvalue weighted by molar-refractivity contribution is 6.31. The highest BCUT2D eigenvalue weighted by Gasteiger charge is 2.12. The summed E-state index contributed by atoms with van der Waals surface area (Å²) in [5.74, 6) is 0.185. The molecule has 0 aliphatic carbocycles. The highest BCUT2D eigenvalue weighted by Crippen LogP contribution is 2.29. The van der Waals surface area contributed by atoms with Crippen LogP contribution in [0.5, 0.6) is 0 Å². The van der Waals surface area contributed by atoms with Crippen LogP contribution < -0.4 is 16.3 Å². The number of fused-ring (bicyclic) bond motifs is 1. The number of nitrogens with one attached hydrogen (secondary N) is 2. The zero-order valence-electron chi connectivity index (χ0n) is 16.4. The largest absolute Gasteiger partial charge is 0.423 e. The fourth-order valence-corrected chi connectivity index (χ4v) is 3.48. The lowest BCUT2D eigenvalue weighted by atomic mass is 9.95. The van der Waals surface area contributed by atoms with Crippen LogP contribution in [0.3, 0.4) is 0 Å². The summed E-state index contributed by atoms with van der Waals surface area (Å²) in [6.45, 7) is 8.12. The Morgan fingerprint density at radius 2 is 1.89 bits per heavy atom. The predicted molar refractivity (Wildman–Crippen MR) is 114 cm³/mol. The summed E-state index contributed by atoms with van der Waals surface area (Å²) in [4.78, 5) is 23.5. The first-order valence-corrected chi connectivity index (χ1v) is 9.50. The second kappa shape index (κ2) is 8.07. The molecule has 1 heterocycles. The van der Waals surface area contributed by atoms with Crippen LogP contribution in [0.1, 0.15) is 43.4 Å². The van der Waals surface area contributed by atoms with E-state index in [4.69, 9.17) is 16.0 Å². The van der Waals surface area contributed by atoms with Gasteiger partial charge in [-0.2, -0.15) is 0 Å². The Balaban J connectivity index is 2.01. The van der Waals surface area contributed by atoms with Crippen LogP contribution in [0.2, 0.25) is 5.02 Å². The van der Waals surface area contributed by atoms with Gasteiger partial charge in [0.05, 0.1) is 11.4 Å². The Morgan fingerprint density at radius 1 is 1.14 bits per heavy atom. The topological polar surface area (TPSA) is 71.3 Å². The molecule has 0 radical (unpaired) electrons. The Kier molecular flexibility index (Phi) is 5.75. The third-order valence-electron chi connectivity index (χ3n) is 4.60. The minimum atomic E-state index is -0.394. The number of carbonyl (C=O) groups is 1. The van der Waals surface area contributed by atoms with Crippen molar-refractivity contribution < 1.29 is 9.21 Å². The molecule has 6 heteroatoms. The first kappa shape index (κ1) is 20.0. The standard InChI is InChI=1S/C22H23ClN2O3/c1-12(2)17-10-18-15(8-22(27)28-21(18)7-13(17)3)11-24-20-9-16(23)5-6-19(20)25-14(4)26/h5-10,12,24H,11H2,1-4H3,(H,25,26). The van der Waals surface area contributed by atoms with Crippen molar-refractivity contribution in [1.29, 1.82) is 0 Å². The Bertz CT molecular complexity index is 1100. The first-order chi connectivity index (χ1) is 13.2. The van der Waals surface area contributed by atoms with Gasteiger partial charge in [-0.05, 0) is 59.9 Å². The minimum absolute atomic E-state index is 0.173. The van der Waals surface area contributed by atoms with E-state index in [0.29, 0.717) is 34.4 Å². The van der Waals surface area contributed by atoms with Crippen LogP contribution in [0.25, 0.3) is 11.0 Å². The molecule has 3 rings (SSSR count). The molecule has 2 aromatic carbocycles. The van der Waals surface area contributed by atoms with Crippen LogP contribution in [-0.4, -0.2) is 5.91 Å². The van der Waals surface area contributed by atoms with Gasteiger partial charge < -0.3 is 15.1 Å². The molecule has 0 unspecified atom stereocenters. The molecule has 0 atom stereocenters. The molecule has 0 aliphatic rings. The van der Waals surface area contributed by atoms with Gasteiger partial charge in [0.2, 0.25) is 5.91 Å². The number of hydrogen-bond acceptors (Lipinski definition) is 4. The van der Waals surface area contributed by atoms with E-state index in [1.165, 1.54) is 18.6 Å². The van der Waals surface area contributed by atoms with Gasteiger partial charge in [0, 0.05) is 29.9 Å². The van der Waals surface area contributed by atoms with Crippen molar-refractivity contribution >= 4 is 39.9 Å². The lowest BCUT2D eigenvalue weighted by molar-refractivity contribution is -0.114. The molecule has 146 valence electrons. The third kappa shape index (κ3) is 4.37. The summed E-state index contributed by atoms with van der Waals surface area (Å²) >= 11 is 6.11. The average Bonchev–Trinajstić information content (AvgIpc) is 2.60. The number of benzene rings is 2. The smallest absolute Gasteiger partial charge is 0.336 e. The van der Waals surface area contributed by atoms with Crippen molar-refractivity contribution in [2.75, 3.05) is 10.6 Å². The first-order valence-electron chi connectivity index (χ1n) is 9.13. The second-order valence-electron chi connectivity index (χ2n) is 7.17. The molecule has 0 bridgehead atoms. The predicted octanol–water partition coefficient (Wildman–Crippen LogP) is 5.45. The zero-order valence-corrected chi connectivity index (χ0v) is 17.1. The number of anilines is 2. The summed E-state index contributed by atoms with van der Waals surface area (Å²) in [7, 11) is 0. The number of amides is 1. The number of hydrogen-bond donors (Lipinski definition) is 2. The van der Waals surface area contributed by atoms with Crippen LogP contribution in [-0.2, 0) is 11.3 Å². The van der Waals surface area contributed by atoms with E-state index in [1.54, 1.807) is 18.2 Å². The van der Waals surface area contributed by atoms with Crippen molar-refractivity contribution in [3.63, 3.8) is 0 Å². The number of aryl methyl sites for hydroxylation is 1. The van der Waals surface area contributed by atoms with E-state index in [-0.39, 0.29) is 5.91 Å². The van der Waals surface area contributed by atoms with Gasteiger partial charge in [-0.25, -0.2) is 4.79 Å². The molecule has 3 aromatic rings. The summed E-state index contributed by atoms with van der Waals surface area (Å²) in [5.41, 5.74) is 4.61. The van der Waals surface area contributed by atoms with Crippen LogP contribution >= 0.6 is 11.6 Å². The lowest BCUT2D eigenvalue weighted by Gasteiger charge is -2.15. The van der Waals surface area contributed by atoms with Crippen molar-refractivity contribution in [3.8, 4) is 0 Å². The van der Waals surface area contributed by atoms with Gasteiger partial charge >= 0.3 is 5.63 Å². The van der Waals surface area contributed by atoms with E-state index in [0.717, 1.165) is 16.5 Å². The van der Waals surface area contributed by atoms with E-state index in [1.807, 2.05) is 13.0 Å². The fraction of sp³-hybridized carbons (Fsp3) is 0.273. The van der Waals surface area contributed by atoms with E-state index >= 15 is 0 Å². The Hall–Kier alpha value is -2.79. The maximum atomic E-state index is 12.0. The molecule has 2 N–H and O–H groups in total. The Labute approximate surface area is 168 Å². The van der Waals surface area contributed by atoms with Gasteiger partial charge in [0.1, 0.15) is 5.58 Å². The van der Waals surface area contributed by atoms with Crippen molar-refractivity contribution in [2.45, 2.75) is 40.2 Å². The monoisotopic (exact) mass is 398 g/mol. The minimum Gasteiger partial charge on any atom is -0.423 e. The quantitative estimate of drug-likeness (QED) is 0.560. The van der Waals surface area contributed by atoms with Crippen LogP contribution in [0.15, 0.2) is 45.6 Å². The second-order valence-corrected chi connectivity index (χ2v) is 7.61. The molecular weight excluding hydrogens is 376 g/mol. The summed E-state index contributed by atoms with van der Waals surface area (Å²) in [6.07, 6.45) is 0. The molecule has 0 saturated heterocycles.